The van der Waals surface area contributed by atoms with Crippen LogP contribution in [-0.4, -0.2) is 23.1 Å². The van der Waals surface area contributed by atoms with Crippen molar-refractivity contribution < 1.29 is 4.39 Å². The molecule has 1 rings (SSSR count). The molecule has 0 saturated heterocycles. The van der Waals surface area contributed by atoms with Crippen molar-refractivity contribution in [3.05, 3.63) is 12.0 Å². The van der Waals surface area contributed by atoms with Crippen LogP contribution in [0.25, 0.3) is 0 Å². The van der Waals surface area contributed by atoms with E-state index in [1.54, 1.807) is 0 Å². The highest BCUT2D eigenvalue weighted by Crippen LogP contribution is 2.12. The van der Waals surface area contributed by atoms with Crippen LogP contribution >= 0.6 is 0 Å². The molecule has 0 aliphatic carbocycles. The van der Waals surface area contributed by atoms with Crippen LogP contribution < -0.4 is 10.6 Å². The number of unbranched alkanes of at least 4 members (excludes halogenated alkanes) is 1. The lowest BCUT2D eigenvalue weighted by Crippen LogP contribution is -2.09. The number of anilines is 2. The Morgan fingerprint density at radius 1 is 1.28 bits per heavy atom. The van der Waals surface area contributed by atoms with Crippen molar-refractivity contribution in [3.8, 4) is 0 Å². The highest BCUT2D eigenvalue weighted by Gasteiger charge is 2.05. The molecular formula is C13H23FN4. The van der Waals surface area contributed by atoms with Crippen LogP contribution in [0.5, 0.6) is 0 Å². The first kappa shape index (κ1) is 14.7. The first-order chi connectivity index (χ1) is 8.63. The van der Waals surface area contributed by atoms with Gasteiger partial charge in [0.05, 0.1) is 6.20 Å². The van der Waals surface area contributed by atoms with Crippen LogP contribution in [0, 0.1) is 11.7 Å². The number of aromatic nitrogens is 2. The minimum absolute atomic E-state index is 0.283. The minimum atomic E-state index is -0.402. The Kier molecular flexibility index (Phi) is 6.39. The molecule has 0 spiro atoms. The minimum Gasteiger partial charge on any atom is -0.367 e. The molecule has 2 N–H and O–H groups in total. The van der Waals surface area contributed by atoms with Gasteiger partial charge in [-0.3, -0.25) is 0 Å². The zero-order valence-electron chi connectivity index (χ0n) is 11.5. The largest absolute Gasteiger partial charge is 0.367 e. The smallest absolute Gasteiger partial charge is 0.224 e. The molecule has 0 atom stereocenters. The molecule has 0 fully saturated rings. The van der Waals surface area contributed by atoms with Gasteiger partial charge >= 0.3 is 0 Å². The van der Waals surface area contributed by atoms with Gasteiger partial charge in [-0.1, -0.05) is 26.7 Å². The summed E-state index contributed by atoms with van der Waals surface area (Å²) in [5.74, 6) is 1.07. The molecule has 0 saturated carbocycles. The lowest BCUT2D eigenvalue weighted by molar-refractivity contribution is 0.543. The van der Waals surface area contributed by atoms with Gasteiger partial charge in [0.2, 0.25) is 5.95 Å². The molecule has 0 bridgehead atoms. The lowest BCUT2D eigenvalue weighted by atomic mass is 10.1. The van der Waals surface area contributed by atoms with Crippen molar-refractivity contribution >= 4 is 11.8 Å². The number of nitrogens with one attached hydrogen (secondary N) is 2. The van der Waals surface area contributed by atoms with Gasteiger partial charge in [0, 0.05) is 13.1 Å². The Hall–Kier alpha value is -1.39. The fourth-order valence-electron chi connectivity index (χ4n) is 1.62. The van der Waals surface area contributed by atoms with E-state index >= 15 is 0 Å². The van der Waals surface area contributed by atoms with E-state index in [9.17, 15) is 4.39 Å². The number of nitrogens with zero attached hydrogens (tertiary/aromatic N) is 2. The first-order valence-corrected chi connectivity index (χ1v) is 6.63. The van der Waals surface area contributed by atoms with E-state index in [-0.39, 0.29) is 5.82 Å². The van der Waals surface area contributed by atoms with Gasteiger partial charge in [-0.15, -0.1) is 0 Å². The summed E-state index contributed by atoms with van der Waals surface area (Å²) in [6.45, 7) is 7.83. The van der Waals surface area contributed by atoms with Gasteiger partial charge in [-0.25, -0.2) is 9.37 Å². The quantitative estimate of drug-likeness (QED) is 0.699. The maximum atomic E-state index is 13.4. The highest BCUT2D eigenvalue weighted by atomic mass is 19.1. The third-order valence-electron chi connectivity index (χ3n) is 2.58. The lowest BCUT2D eigenvalue weighted by Gasteiger charge is -2.09. The van der Waals surface area contributed by atoms with Gasteiger partial charge in [0.15, 0.2) is 11.6 Å². The number of halogens is 1. The van der Waals surface area contributed by atoms with Crippen molar-refractivity contribution in [2.75, 3.05) is 23.7 Å². The van der Waals surface area contributed by atoms with E-state index in [4.69, 9.17) is 0 Å². The van der Waals surface area contributed by atoms with Crippen molar-refractivity contribution in [1.29, 1.82) is 0 Å². The fourth-order valence-corrected chi connectivity index (χ4v) is 1.62. The van der Waals surface area contributed by atoms with Gasteiger partial charge in [0.1, 0.15) is 0 Å². The van der Waals surface area contributed by atoms with Crippen molar-refractivity contribution in [2.24, 2.45) is 5.92 Å². The third kappa shape index (κ3) is 5.29. The molecular weight excluding hydrogens is 231 g/mol. The number of rotatable bonds is 8. The summed E-state index contributed by atoms with van der Waals surface area (Å²) in [6.07, 6.45) is 4.58. The van der Waals surface area contributed by atoms with E-state index in [1.807, 2.05) is 6.92 Å². The summed E-state index contributed by atoms with van der Waals surface area (Å²) in [6, 6.07) is 0. The van der Waals surface area contributed by atoms with Gasteiger partial charge < -0.3 is 10.6 Å². The average Bonchev–Trinajstić information content (AvgIpc) is 2.32. The molecule has 0 aliphatic heterocycles. The Morgan fingerprint density at radius 2 is 2.06 bits per heavy atom. The second-order valence-corrected chi connectivity index (χ2v) is 4.74. The molecule has 102 valence electrons. The van der Waals surface area contributed by atoms with Gasteiger partial charge in [-0.05, 0) is 19.3 Å². The van der Waals surface area contributed by atoms with Crippen molar-refractivity contribution in [3.63, 3.8) is 0 Å². The summed E-state index contributed by atoms with van der Waals surface area (Å²) >= 11 is 0. The van der Waals surface area contributed by atoms with E-state index in [0.29, 0.717) is 5.95 Å². The maximum absolute atomic E-state index is 13.4. The third-order valence-corrected chi connectivity index (χ3v) is 2.58. The van der Waals surface area contributed by atoms with Crippen molar-refractivity contribution in [1.82, 2.24) is 9.97 Å². The average molecular weight is 254 g/mol. The summed E-state index contributed by atoms with van der Waals surface area (Å²) in [4.78, 5) is 7.95. The van der Waals surface area contributed by atoms with E-state index in [2.05, 4.69) is 34.4 Å². The molecule has 1 heterocycles. The monoisotopic (exact) mass is 254 g/mol. The molecule has 0 aromatic carbocycles. The standard InChI is InChI=1S/C13H23FN4/c1-4-15-13-17-9-11(14)12(18-13)16-8-6-5-7-10(2)3/h9-10H,4-8H2,1-3H3,(H2,15,16,17,18). The van der Waals surface area contributed by atoms with Crippen LogP contribution in [-0.2, 0) is 0 Å². The second kappa shape index (κ2) is 7.84. The van der Waals surface area contributed by atoms with E-state index in [1.165, 1.54) is 12.6 Å². The zero-order valence-corrected chi connectivity index (χ0v) is 11.5. The van der Waals surface area contributed by atoms with Crippen LogP contribution in [0.2, 0.25) is 0 Å². The highest BCUT2D eigenvalue weighted by molar-refractivity contribution is 5.40. The van der Waals surface area contributed by atoms with Gasteiger partial charge in [0.25, 0.3) is 0 Å². The maximum Gasteiger partial charge on any atom is 0.224 e. The van der Waals surface area contributed by atoms with Crippen LogP contribution in [0.4, 0.5) is 16.2 Å². The predicted molar refractivity (Wildman–Crippen MR) is 73.3 cm³/mol. The Labute approximate surface area is 108 Å². The topological polar surface area (TPSA) is 49.8 Å². The summed E-state index contributed by atoms with van der Waals surface area (Å²) in [5.41, 5.74) is 0. The SMILES string of the molecule is CCNc1ncc(F)c(NCCCCC(C)C)n1. The summed E-state index contributed by atoms with van der Waals surface area (Å²) in [5, 5.41) is 5.98. The van der Waals surface area contributed by atoms with Crippen molar-refractivity contribution in [2.45, 2.75) is 40.0 Å². The second-order valence-electron chi connectivity index (χ2n) is 4.74. The molecule has 1 aromatic rings. The van der Waals surface area contributed by atoms with E-state index in [0.717, 1.165) is 31.8 Å². The first-order valence-electron chi connectivity index (χ1n) is 6.63. The van der Waals surface area contributed by atoms with Crippen LogP contribution in [0.3, 0.4) is 0 Å². The number of hydrogen-bond donors (Lipinski definition) is 2. The molecule has 18 heavy (non-hydrogen) atoms. The summed E-state index contributed by atoms with van der Waals surface area (Å²) < 4.78 is 13.4. The Bertz CT molecular complexity index is 355. The molecule has 0 aliphatic rings. The molecule has 1 aromatic heterocycles. The molecule has 5 heteroatoms. The molecule has 0 amide bonds. The predicted octanol–water partition coefficient (Wildman–Crippen LogP) is 3.29. The Morgan fingerprint density at radius 3 is 2.72 bits per heavy atom. The van der Waals surface area contributed by atoms with Crippen LogP contribution in [0.1, 0.15) is 40.0 Å². The molecule has 0 unspecified atom stereocenters. The van der Waals surface area contributed by atoms with Gasteiger partial charge in [-0.2, -0.15) is 4.98 Å². The van der Waals surface area contributed by atoms with Crippen LogP contribution in [0.15, 0.2) is 6.20 Å². The normalized spacial score (nSPS) is 10.7. The fraction of sp³-hybridized carbons (Fsp3) is 0.692. The summed E-state index contributed by atoms with van der Waals surface area (Å²) in [7, 11) is 0. The van der Waals surface area contributed by atoms with E-state index < -0.39 is 5.82 Å². The number of hydrogen-bond acceptors (Lipinski definition) is 4. The Balaban J connectivity index is 2.38. The zero-order chi connectivity index (χ0) is 13.4. The molecule has 4 nitrogen and oxygen atoms in total. The molecule has 0 radical (unpaired) electrons.